The Kier molecular flexibility index (Phi) is 4.51. The zero-order valence-electron chi connectivity index (χ0n) is 13.6. The van der Waals surface area contributed by atoms with Crippen molar-refractivity contribution < 1.29 is 5.11 Å². The summed E-state index contributed by atoms with van der Waals surface area (Å²) in [6.45, 7) is 3.83. The Hall–Kier alpha value is -1.71. The maximum absolute atomic E-state index is 11.0. The molecule has 0 aliphatic carbocycles. The maximum atomic E-state index is 11.0. The summed E-state index contributed by atoms with van der Waals surface area (Å²) in [5.41, 5.74) is 3.85. The Morgan fingerprint density at radius 3 is 2.30 bits per heavy atom. The second-order valence-corrected chi connectivity index (χ2v) is 6.71. The van der Waals surface area contributed by atoms with E-state index < -0.39 is 5.60 Å². The number of piperidine rings is 1. The molecule has 122 valence electrons. The highest BCUT2D eigenvalue weighted by atomic mass is 35.5. The molecule has 4 heteroatoms. The molecule has 2 N–H and O–H groups in total. The first-order valence-corrected chi connectivity index (χ1v) is 8.41. The molecule has 1 fully saturated rings. The Labute approximate surface area is 142 Å². The molecular formula is C19H23ClN2O. The van der Waals surface area contributed by atoms with E-state index in [1.165, 1.54) is 11.3 Å². The Balaban J connectivity index is 1.74. The van der Waals surface area contributed by atoms with Gasteiger partial charge in [-0.1, -0.05) is 23.7 Å². The van der Waals surface area contributed by atoms with E-state index in [2.05, 4.69) is 35.3 Å². The lowest BCUT2D eigenvalue weighted by molar-refractivity contribution is 0.0117. The van der Waals surface area contributed by atoms with E-state index in [0.29, 0.717) is 5.02 Å². The number of hydrogen-bond acceptors (Lipinski definition) is 3. The van der Waals surface area contributed by atoms with Crippen LogP contribution in [0.4, 0.5) is 11.4 Å². The van der Waals surface area contributed by atoms with Gasteiger partial charge in [0.25, 0.3) is 0 Å². The van der Waals surface area contributed by atoms with Gasteiger partial charge < -0.3 is 15.3 Å². The van der Waals surface area contributed by atoms with Crippen LogP contribution in [0.1, 0.15) is 24.0 Å². The maximum Gasteiger partial charge on any atom is 0.0930 e. The third kappa shape index (κ3) is 3.31. The molecule has 3 rings (SSSR count). The molecule has 1 aliphatic rings. The number of aryl methyl sites for hydroxylation is 1. The van der Waals surface area contributed by atoms with E-state index >= 15 is 0 Å². The molecule has 0 spiro atoms. The van der Waals surface area contributed by atoms with Crippen LogP contribution in [-0.4, -0.2) is 25.2 Å². The smallest absolute Gasteiger partial charge is 0.0930 e. The Bertz CT molecular complexity index is 676. The van der Waals surface area contributed by atoms with E-state index in [-0.39, 0.29) is 0 Å². The summed E-state index contributed by atoms with van der Waals surface area (Å²) in [5, 5.41) is 14.8. The van der Waals surface area contributed by atoms with E-state index in [0.717, 1.165) is 37.2 Å². The first-order valence-electron chi connectivity index (χ1n) is 8.04. The van der Waals surface area contributed by atoms with Gasteiger partial charge in [0.05, 0.1) is 5.60 Å². The molecule has 0 unspecified atom stereocenters. The van der Waals surface area contributed by atoms with E-state index in [9.17, 15) is 5.11 Å². The van der Waals surface area contributed by atoms with Crippen LogP contribution in [0.15, 0.2) is 42.5 Å². The minimum absolute atomic E-state index is 0.704. The van der Waals surface area contributed by atoms with Crippen LogP contribution in [0.2, 0.25) is 5.02 Å². The standard InChI is InChI=1S/C19H23ClN2O/c1-14-13-17(21-2)7-8-18(14)22-11-9-19(23,10-12-22)15-3-5-16(20)6-4-15/h3-8,13,21,23H,9-12H2,1-2H3. The Morgan fingerprint density at radius 2 is 1.74 bits per heavy atom. The molecule has 0 radical (unpaired) electrons. The molecule has 1 heterocycles. The minimum atomic E-state index is -0.750. The van der Waals surface area contributed by atoms with Crippen LogP contribution >= 0.6 is 11.6 Å². The van der Waals surface area contributed by atoms with Gasteiger partial charge in [0.2, 0.25) is 0 Å². The molecular weight excluding hydrogens is 308 g/mol. The van der Waals surface area contributed by atoms with Gasteiger partial charge in [-0.2, -0.15) is 0 Å². The molecule has 23 heavy (non-hydrogen) atoms. The number of rotatable bonds is 3. The molecule has 2 aromatic rings. The summed E-state index contributed by atoms with van der Waals surface area (Å²) < 4.78 is 0. The highest BCUT2D eigenvalue weighted by Crippen LogP contribution is 2.36. The molecule has 0 saturated carbocycles. The number of anilines is 2. The number of hydrogen-bond donors (Lipinski definition) is 2. The Morgan fingerprint density at radius 1 is 1.09 bits per heavy atom. The number of benzene rings is 2. The van der Waals surface area contributed by atoms with Crippen molar-refractivity contribution in [3.63, 3.8) is 0 Å². The first kappa shape index (κ1) is 16.2. The van der Waals surface area contributed by atoms with Crippen molar-refractivity contribution >= 4 is 23.0 Å². The minimum Gasteiger partial charge on any atom is -0.388 e. The van der Waals surface area contributed by atoms with Crippen molar-refractivity contribution in [3.8, 4) is 0 Å². The lowest BCUT2D eigenvalue weighted by Gasteiger charge is -2.40. The summed E-state index contributed by atoms with van der Waals surface area (Å²) in [6, 6.07) is 14.0. The second kappa shape index (κ2) is 6.42. The van der Waals surface area contributed by atoms with Gasteiger partial charge in [-0.3, -0.25) is 0 Å². The zero-order valence-corrected chi connectivity index (χ0v) is 14.4. The van der Waals surface area contributed by atoms with Crippen molar-refractivity contribution in [1.82, 2.24) is 0 Å². The number of halogens is 1. The lowest BCUT2D eigenvalue weighted by Crippen LogP contribution is -2.42. The van der Waals surface area contributed by atoms with E-state index in [4.69, 9.17) is 11.6 Å². The number of nitrogens with one attached hydrogen (secondary N) is 1. The molecule has 0 aromatic heterocycles. The fourth-order valence-electron chi connectivity index (χ4n) is 3.33. The van der Waals surface area contributed by atoms with Crippen LogP contribution < -0.4 is 10.2 Å². The topological polar surface area (TPSA) is 35.5 Å². The third-order valence-corrected chi connectivity index (χ3v) is 5.05. The predicted molar refractivity (Wildman–Crippen MR) is 97.5 cm³/mol. The molecule has 1 saturated heterocycles. The zero-order chi connectivity index (χ0) is 16.4. The average molecular weight is 331 g/mol. The SMILES string of the molecule is CNc1ccc(N2CCC(O)(c3ccc(Cl)cc3)CC2)c(C)c1. The quantitative estimate of drug-likeness (QED) is 0.886. The summed E-state index contributed by atoms with van der Waals surface area (Å²) in [7, 11) is 1.93. The van der Waals surface area contributed by atoms with Gasteiger partial charge in [0, 0.05) is 36.5 Å². The molecule has 0 amide bonds. The molecule has 3 nitrogen and oxygen atoms in total. The predicted octanol–water partition coefficient (Wildman–Crippen LogP) is 4.18. The van der Waals surface area contributed by atoms with E-state index in [1.807, 2.05) is 31.3 Å². The fourth-order valence-corrected chi connectivity index (χ4v) is 3.46. The van der Waals surface area contributed by atoms with Gasteiger partial charge in [-0.05, 0) is 61.2 Å². The summed E-state index contributed by atoms with van der Waals surface area (Å²) in [5.74, 6) is 0. The number of nitrogens with zero attached hydrogens (tertiary/aromatic N) is 1. The number of aliphatic hydroxyl groups is 1. The second-order valence-electron chi connectivity index (χ2n) is 6.28. The normalized spacial score (nSPS) is 17.1. The van der Waals surface area contributed by atoms with Gasteiger partial charge in [-0.25, -0.2) is 0 Å². The van der Waals surface area contributed by atoms with Gasteiger partial charge in [0.15, 0.2) is 0 Å². The van der Waals surface area contributed by atoms with Crippen molar-refractivity contribution in [2.45, 2.75) is 25.4 Å². The van der Waals surface area contributed by atoms with Gasteiger partial charge in [0.1, 0.15) is 0 Å². The van der Waals surface area contributed by atoms with Crippen molar-refractivity contribution in [3.05, 3.63) is 58.6 Å². The fraction of sp³-hybridized carbons (Fsp3) is 0.368. The van der Waals surface area contributed by atoms with Crippen LogP contribution in [0.3, 0.4) is 0 Å². The van der Waals surface area contributed by atoms with Crippen molar-refractivity contribution in [2.24, 2.45) is 0 Å². The average Bonchev–Trinajstić information content (AvgIpc) is 2.56. The van der Waals surface area contributed by atoms with Gasteiger partial charge in [-0.15, -0.1) is 0 Å². The van der Waals surface area contributed by atoms with Gasteiger partial charge >= 0.3 is 0 Å². The first-order chi connectivity index (χ1) is 11.0. The summed E-state index contributed by atoms with van der Waals surface area (Å²) in [4.78, 5) is 2.36. The van der Waals surface area contributed by atoms with Crippen LogP contribution in [0, 0.1) is 6.92 Å². The molecule has 0 bridgehead atoms. The van der Waals surface area contributed by atoms with Crippen LogP contribution in [0.25, 0.3) is 0 Å². The summed E-state index contributed by atoms with van der Waals surface area (Å²) in [6.07, 6.45) is 1.45. The highest BCUT2D eigenvalue weighted by molar-refractivity contribution is 6.30. The van der Waals surface area contributed by atoms with E-state index in [1.54, 1.807) is 0 Å². The molecule has 2 aromatic carbocycles. The molecule has 0 atom stereocenters. The van der Waals surface area contributed by atoms with Crippen LogP contribution in [0.5, 0.6) is 0 Å². The largest absolute Gasteiger partial charge is 0.388 e. The molecule has 1 aliphatic heterocycles. The van der Waals surface area contributed by atoms with Crippen molar-refractivity contribution in [2.75, 3.05) is 30.4 Å². The summed E-state index contributed by atoms with van der Waals surface area (Å²) >= 11 is 5.95. The third-order valence-electron chi connectivity index (χ3n) is 4.80. The lowest BCUT2D eigenvalue weighted by atomic mass is 9.84. The monoisotopic (exact) mass is 330 g/mol. The van der Waals surface area contributed by atoms with Crippen molar-refractivity contribution in [1.29, 1.82) is 0 Å². The highest BCUT2D eigenvalue weighted by Gasteiger charge is 2.34. The van der Waals surface area contributed by atoms with Crippen LogP contribution in [-0.2, 0) is 5.60 Å².